The average molecular weight is 220 g/mol. The molecule has 0 aliphatic carbocycles. The van der Waals surface area contributed by atoms with Crippen LogP contribution in [0.5, 0.6) is 0 Å². The fourth-order valence-corrected chi connectivity index (χ4v) is 2.39. The van der Waals surface area contributed by atoms with E-state index in [4.69, 9.17) is 5.73 Å². The molecule has 1 saturated heterocycles. The molecule has 1 atom stereocenters. The van der Waals surface area contributed by atoms with Gasteiger partial charge in [-0.15, -0.1) is 0 Å². The number of benzene rings is 1. The third-order valence-electron chi connectivity index (χ3n) is 3.22. The summed E-state index contributed by atoms with van der Waals surface area (Å²) in [7, 11) is 0. The molecule has 0 amide bonds. The SMILES string of the molecule is Nc1cccc(CN2CCCC(CO)C2)c1. The van der Waals surface area contributed by atoms with Crippen LogP contribution in [0.2, 0.25) is 0 Å². The number of aliphatic hydroxyl groups excluding tert-OH is 1. The van der Waals surface area contributed by atoms with Crippen molar-refractivity contribution in [2.75, 3.05) is 25.4 Å². The molecule has 0 saturated carbocycles. The first-order valence-electron chi connectivity index (χ1n) is 5.95. The summed E-state index contributed by atoms with van der Waals surface area (Å²) in [4.78, 5) is 2.40. The van der Waals surface area contributed by atoms with Crippen molar-refractivity contribution < 1.29 is 5.11 Å². The van der Waals surface area contributed by atoms with Crippen LogP contribution in [0.1, 0.15) is 18.4 Å². The molecule has 1 unspecified atom stereocenters. The lowest BCUT2D eigenvalue weighted by atomic mass is 9.98. The first-order chi connectivity index (χ1) is 7.78. The molecular weight excluding hydrogens is 200 g/mol. The number of likely N-dealkylation sites (tertiary alicyclic amines) is 1. The van der Waals surface area contributed by atoms with Crippen molar-refractivity contribution >= 4 is 5.69 Å². The summed E-state index contributed by atoms with van der Waals surface area (Å²) in [5.41, 5.74) is 7.85. The zero-order valence-electron chi connectivity index (χ0n) is 9.60. The maximum atomic E-state index is 9.17. The minimum atomic E-state index is 0.313. The molecule has 88 valence electrons. The highest BCUT2D eigenvalue weighted by molar-refractivity contribution is 5.40. The van der Waals surface area contributed by atoms with Gasteiger partial charge in [0.05, 0.1) is 0 Å². The summed E-state index contributed by atoms with van der Waals surface area (Å²) < 4.78 is 0. The van der Waals surface area contributed by atoms with Crippen LogP contribution < -0.4 is 5.73 Å². The Morgan fingerprint density at radius 1 is 1.44 bits per heavy atom. The van der Waals surface area contributed by atoms with E-state index < -0.39 is 0 Å². The number of nitrogens with two attached hydrogens (primary N) is 1. The van der Waals surface area contributed by atoms with Gasteiger partial charge in [0, 0.05) is 25.4 Å². The Morgan fingerprint density at radius 3 is 3.06 bits per heavy atom. The van der Waals surface area contributed by atoms with Crippen LogP contribution in [0, 0.1) is 5.92 Å². The van der Waals surface area contributed by atoms with Crippen molar-refractivity contribution in [1.29, 1.82) is 0 Å². The fraction of sp³-hybridized carbons (Fsp3) is 0.538. The van der Waals surface area contributed by atoms with Crippen molar-refractivity contribution in [3.8, 4) is 0 Å². The summed E-state index contributed by atoms with van der Waals surface area (Å²) in [5.74, 6) is 0.454. The quantitative estimate of drug-likeness (QED) is 0.758. The molecule has 2 rings (SSSR count). The standard InChI is InChI=1S/C13H20N2O/c14-13-5-1-3-11(7-13)8-15-6-2-4-12(9-15)10-16/h1,3,5,7,12,16H,2,4,6,8-10,14H2. The Balaban J connectivity index is 1.94. The van der Waals surface area contributed by atoms with Gasteiger partial charge >= 0.3 is 0 Å². The van der Waals surface area contributed by atoms with E-state index in [0.717, 1.165) is 31.7 Å². The van der Waals surface area contributed by atoms with Gasteiger partial charge in [-0.3, -0.25) is 4.90 Å². The van der Waals surface area contributed by atoms with Gasteiger partial charge in [-0.1, -0.05) is 12.1 Å². The largest absolute Gasteiger partial charge is 0.399 e. The highest BCUT2D eigenvalue weighted by atomic mass is 16.3. The molecule has 0 aromatic heterocycles. The molecule has 1 aromatic rings. The van der Waals surface area contributed by atoms with E-state index in [9.17, 15) is 5.11 Å². The van der Waals surface area contributed by atoms with Gasteiger partial charge < -0.3 is 10.8 Å². The van der Waals surface area contributed by atoms with Crippen molar-refractivity contribution in [3.05, 3.63) is 29.8 Å². The van der Waals surface area contributed by atoms with Crippen molar-refractivity contribution in [1.82, 2.24) is 4.90 Å². The van der Waals surface area contributed by atoms with Crippen molar-refractivity contribution in [3.63, 3.8) is 0 Å². The van der Waals surface area contributed by atoms with Crippen LogP contribution in [0.3, 0.4) is 0 Å². The molecule has 1 aromatic carbocycles. The van der Waals surface area contributed by atoms with E-state index in [2.05, 4.69) is 11.0 Å². The Labute approximate surface area is 96.9 Å². The first kappa shape index (κ1) is 11.4. The lowest BCUT2D eigenvalue weighted by Gasteiger charge is -2.31. The van der Waals surface area contributed by atoms with Crippen LogP contribution in [-0.4, -0.2) is 29.7 Å². The summed E-state index contributed by atoms with van der Waals surface area (Å²) >= 11 is 0. The predicted molar refractivity (Wildman–Crippen MR) is 65.9 cm³/mol. The molecule has 3 N–H and O–H groups in total. The maximum absolute atomic E-state index is 9.17. The Hall–Kier alpha value is -1.06. The Morgan fingerprint density at radius 2 is 2.31 bits per heavy atom. The predicted octanol–water partition coefficient (Wildman–Crippen LogP) is 1.47. The normalized spacial score (nSPS) is 22.2. The molecule has 0 spiro atoms. The second kappa shape index (κ2) is 5.32. The molecule has 3 nitrogen and oxygen atoms in total. The number of aliphatic hydroxyl groups is 1. The first-order valence-corrected chi connectivity index (χ1v) is 5.95. The zero-order chi connectivity index (χ0) is 11.4. The van der Waals surface area contributed by atoms with E-state index >= 15 is 0 Å². The number of hydrogen-bond donors (Lipinski definition) is 2. The summed E-state index contributed by atoms with van der Waals surface area (Å²) in [6, 6.07) is 8.05. The third kappa shape index (κ3) is 2.97. The summed E-state index contributed by atoms with van der Waals surface area (Å²) in [6.45, 7) is 3.39. The molecular formula is C13H20N2O. The lowest BCUT2D eigenvalue weighted by Crippen LogP contribution is -2.36. The second-order valence-electron chi connectivity index (χ2n) is 4.67. The fourth-order valence-electron chi connectivity index (χ4n) is 2.39. The van der Waals surface area contributed by atoms with E-state index in [1.54, 1.807) is 0 Å². The van der Waals surface area contributed by atoms with Crippen LogP contribution in [0.15, 0.2) is 24.3 Å². The highest BCUT2D eigenvalue weighted by Crippen LogP contribution is 2.18. The number of anilines is 1. The van der Waals surface area contributed by atoms with E-state index in [1.165, 1.54) is 12.0 Å². The van der Waals surface area contributed by atoms with Gasteiger partial charge in [0.25, 0.3) is 0 Å². The number of rotatable bonds is 3. The monoisotopic (exact) mass is 220 g/mol. The van der Waals surface area contributed by atoms with E-state index in [1.807, 2.05) is 18.2 Å². The second-order valence-corrected chi connectivity index (χ2v) is 4.67. The zero-order valence-corrected chi connectivity index (χ0v) is 9.60. The smallest absolute Gasteiger partial charge is 0.0471 e. The minimum absolute atomic E-state index is 0.313. The molecule has 3 heteroatoms. The lowest BCUT2D eigenvalue weighted by molar-refractivity contribution is 0.116. The molecule has 0 radical (unpaired) electrons. The topological polar surface area (TPSA) is 49.5 Å². The van der Waals surface area contributed by atoms with Crippen LogP contribution >= 0.6 is 0 Å². The third-order valence-corrected chi connectivity index (χ3v) is 3.22. The maximum Gasteiger partial charge on any atom is 0.0471 e. The van der Waals surface area contributed by atoms with Gasteiger partial charge in [0.2, 0.25) is 0 Å². The van der Waals surface area contributed by atoms with Gasteiger partial charge in [-0.05, 0) is 43.0 Å². The molecule has 0 bridgehead atoms. The van der Waals surface area contributed by atoms with Crippen molar-refractivity contribution in [2.24, 2.45) is 5.92 Å². The van der Waals surface area contributed by atoms with Gasteiger partial charge in [0.1, 0.15) is 0 Å². The van der Waals surface area contributed by atoms with Gasteiger partial charge in [0.15, 0.2) is 0 Å². The summed E-state index contributed by atoms with van der Waals surface area (Å²) in [5, 5.41) is 9.17. The van der Waals surface area contributed by atoms with E-state index in [-0.39, 0.29) is 0 Å². The van der Waals surface area contributed by atoms with E-state index in [0.29, 0.717) is 12.5 Å². The highest BCUT2D eigenvalue weighted by Gasteiger charge is 2.18. The number of nitrogen functional groups attached to an aromatic ring is 1. The average Bonchev–Trinajstić information content (AvgIpc) is 2.29. The molecule has 1 heterocycles. The van der Waals surface area contributed by atoms with Gasteiger partial charge in [-0.2, -0.15) is 0 Å². The molecule has 1 aliphatic rings. The molecule has 16 heavy (non-hydrogen) atoms. The number of piperidine rings is 1. The Kier molecular flexibility index (Phi) is 3.80. The van der Waals surface area contributed by atoms with Crippen molar-refractivity contribution in [2.45, 2.75) is 19.4 Å². The van der Waals surface area contributed by atoms with Crippen LogP contribution in [-0.2, 0) is 6.54 Å². The number of hydrogen-bond acceptors (Lipinski definition) is 3. The minimum Gasteiger partial charge on any atom is -0.399 e. The molecule has 1 aliphatic heterocycles. The number of nitrogens with zero attached hydrogens (tertiary/aromatic N) is 1. The summed E-state index contributed by atoms with van der Waals surface area (Å²) in [6.07, 6.45) is 2.34. The van der Waals surface area contributed by atoms with Gasteiger partial charge in [-0.25, -0.2) is 0 Å². The Bertz CT molecular complexity index is 340. The molecule has 1 fully saturated rings. The van der Waals surface area contributed by atoms with Crippen LogP contribution in [0.25, 0.3) is 0 Å². The van der Waals surface area contributed by atoms with Crippen LogP contribution in [0.4, 0.5) is 5.69 Å².